The van der Waals surface area contributed by atoms with Crippen LogP contribution in [0.2, 0.25) is 0 Å². The lowest BCUT2D eigenvalue weighted by atomic mass is 10.0. The van der Waals surface area contributed by atoms with Crippen LogP contribution in [-0.2, 0) is 0 Å². The Labute approximate surface area is 78.5 Å². The second-order valence-corrected chi connectivity index (χ2v) is 2.95. The van der Waals surface area contributed by atoms with Crippen LogP contribution in [0.25, 0.3) is 0 Å². The van der Waals surface area contributed by atoms with Crippen LogP contribution >= 0.6 is 0 Å². The van der Waals surface area contributed by atoms with Gasteiger partial charge in [-0.3, -0.25) is 0 Å². The van der Waals surface area contributed by atoms with Gasteiger partial charge in [0, 0.05) is 5.56 Å². The third-order valence-corrected chi connectivity index (χ3v) is 1.92. The molecule has 1 aromatic rings. The zero-order valence-corrected chi connectivity index (χ0v) is 7.40. The largest absolute Gasteiger partial charge is 0.319 e. The van der Waals surface area contributed by atoms with E-state index in [9.17, 15) is 17.6 Å². The summed E-state index contributed by atoms with van der Waals surface area (Å²) in [6.45, 7) is 1.36. The van der Waals surface area contributed by atoms with Gasteiger partial charge in [0.1, 0.15) is 11.6 Å². The van der Waals surface area contributed by atoms with Crippen molar-refractivity contribution in [2.45, 2.75) is 19.4 Å². The van der Waals surface area contributed by atoms with Crippen LogP contribution in [0.15, 0.2) is 12.1 Å². The van der Waals surface area contributed by atoms with Crippen LogP contribution in [0.1, 0.15) is 17.2 Å². The van der Waals surface area contributed by atoms with Gasteiger partial charge < -0.3 is 5.73 Å². The maximum Gasteiger partial charge on any atom is 0.257 e. The number of hydrogen-bond acceptors (Lipinski definition) is 1. The highest BCUT2D eigenvalue weighted by atomic mass is 19.3. The van der Waals surface area contributed by atoms with Crippen molar-refractivity contribution in [3.05, 3.63) is 34.9 Å². The number of benzene rings is 1. The Hall–Kier alpha value is -1.10. The SMILES string of the molecule is Cc1ccc(F)c(C(N)C(F)F)c1F. The number of rotatable bonds is 2. The maximum atomic E-state index is 13.2. The summed E-state index contributed by atoms with van der Waals surface area (Å²) in [7, 11) is 0. The number of hydrogen-bond donors (Lipinski definition) is 1. The molecule has 1 nitrogen and oxygen atoms in total. The second kappa shape index (κ2) is 3.96. The van der Waals surface area contributed by atoms with Crippen molar-refractivity contribution >= 4 is 0 Å². The Morgan fingerprint density at radius 3 is 2.29 bits per heavy atom. The molecule has 5 heteroatoms. The highest BCUT2D eigenvalue weighted by Gasteiger charge is 2.25. The van der Waals surface area contributed by atoms with Gasteiger partial charge in [0.25, 0.3) is 6.43 Å². The molecule has 2 N–H and O–H groups in total. The first kappa shape index (κ1) is 11.0. The minimum atomic E-state index is -2.99. The zero-order valence-electron chi connectivity index (χ0n) is 7.40. The van der Waals surface area contributed by atoms with Crippen molar-refractivity contribution in [2.75, 3.05) is 0 Å². The van der Waals surface area contributed by atoms with Gasteiger partial charge in [0.15, 0.2) is 0 Å². The molecule has 1 aromatic carbocycles. The zero-order chi connectivity index (χ0) is 10.9. The van der Waals surface area contributed by atoms with Gasteiger partial charge in [0.05, 0.1) is 6.04 Å². The predicted octanol–water partition coefficient (Wildman–Crippen LogP) is 2.54. The molecule has 1 atom stereocenters. The Morgan fingerprint density at radius 2 is 1.79 bits per heavy atom. The van der Waals surface area contributed by atoms with E-state index in [1.165, 1.54) is 13.0 Å². The highest BCUT2D eigenvalue weighted by molar-refractivity contribution is 5.29. The summed E-state index contributed by atoms with van der Waals surface area (Å²) in [4.78, 5) is 0. The molecular formula is C9H9F4N. The van der Waals surface area contributed by atoms with E-state index in [1.54, 1.807) is 0 Å². The van der Waals surface area contributed by atoms with Crippen molar-refractivity contribution in [2.24, 2.45) is 5.73 Å². The molecule has 0 bridgehead atoms. The third-order valence-electron chi connectivity index (χ3n) is 1.92. The quantitative estimate of drug-likeness (QED) is 0.741. The smallest absolute Gasteiger partial charge is 0.257 e. The average molecular weight is 207 g/mol. The first-order valence-corrected chi connectivity index (χ1v) is 3.93. The van der Waals surface area contributed by atoms with Gasteiger partial charge in [-0.05, 0) is 18.6 Å². The first-order chi connectivity index (χ1) is 6.45. The number of halogens is 4. The van der Waals surface area contributed by atoms with Crippen LogP contribution in [-0.4, -0.2) is 6.43 Å². The molecule has 0 saturated carbocycles. The van der Waals surface area contributed by atoms with Crippen molar-refractivity contribution < 1.29 is 17.6 Å². The predicted molar refractivity (Wildman–Crippen MR) is 44.0 cm³/mol. The van der Waals surface area contributed by atoms with Gasteiger partial charge in [-0.1, -0.05) is 6.07 Å². The van der Waals surface area contributed by atoms with Crippen molar-refractivity contribution in [1.82, 2.24) is 0 Å². The molecule has 0 aliphatic rings. The summed E-state index contributed by atoms with van der Waals surface area (Å²) < 4.78 is 50.5. The number of aryl methyl sites for hydroxylation is 1. The van der Waals surface area contributed by atoms with Gasteiger partial charge in [0.2, 0.25) is 0 Å². The van der Waals surface area contributed by atoms with Crippen LogP contribution in [0, 0.1) is 18.6 Å². The Balaban J connectivity index is 3.25. The minimum Gasteiger partial charge on any atom is -0.319 e. The van der Waals surface area contributed by atoms with Crippen LogP contribution in [0.5, 0.6) is 0 Å². The van der Waals surface area contributed by atoms with E-state index in [2.05, 4.69) is 0 Å². The first-order valence-electron chi connectivity index (χ1n) is 3.93. The number of nitrogens with two attached hydrogens (primary N) is 1. The molecule has 1 unspecified atom stereocenters. The monoisotopic (exact) mass is 207 g/mol. The average Bonchev–Trinajstić information content (AvgIpc) is 2.12. The molecule has 1 rings (SSSR count). The molecular weight excluding hydrogens is 198 g/mol. The van der Waals surface area contributed by atoms with E-state index in [-0.39, 0.29) is 5.56 Å². The fourth-order valence-electron chi connectivity index (χ4n) is 1.11. The lowest BCUT2D eigenvalue weighted by Gasteiger charge is -2.13. The van der Waals surface area contributed by atoms with Gasteiger partial charge in [-0.2, -0.15) is 0 Å². The molecule has 78 valence electrons. The highest BCUT2D eigenvalue weighted by Crippen LogP contribution is 2.25. The normalized spacial score (nSPS) is 13.4. The van der Waals surface area contributed by atoms with Crippen LogP contribution < -0.4 is 5.73 Å². The topological polar surface area (TPSA) is 26.0 Å². The fraction of sp³-hybridized carbons (Fsp3) is 0.333. The van der Waals surface area contributed by atoms with E-state index < -0.39 is 29.7 Å². The van der Waals surface area contributed by atoms with Crippen molar-refractivity contribution in [3.8, 4) is 0 Å². The van der Waals surface area contributed by atoms with E-state index in [4.69, 9.17) is 5.73 Å². The maximum absolute atomic E-state index is 13.2. The molecule has 0 spiro atoms. The second-order valence-electron chi connectivity index (χ2n) is 2.95. The molecule has 0 heterocycles. The Bertz CT molecular complexity index is 338. The summed E-state index contributed by atoms with van der Waals surface area (Å²) in [5, 5.41) is 0. The molecule has 0 radical (unpaired) electrons. The van der Waals surface area contributed by atoms with Crippen molar-refractivity contribution in [3.63, 3.8) is 0 Å². The lowest BCUT2D eigenvalue weighted by Crippen LogP contribution is -2.22. The minimum absolute atomic E-state index is 0.0949. The molecule has 0 amide bonds. The van der Waals surface area contributed by atoms with Crippen LogP contribution in [0.4, 0.5) is 17.6 Å². The summed E-state index contributed by atoms with van der Waals surface area (Å²) >= 11 is 0. The molecule has 0 aliphatic heterocycles. The van der Waals surface area contributed by atoms with Crippen molar-refractivity contribution in [1.29, 1.82) is 0 Å². The molecule has 0 aliphatic carbocycles. The fourth-order valence-corrected chi connectivity index (χ4v) is 1.11. The lowest BCUT2D eigenvalue weighted by molar-refractivity contribution is 0.113. The Kier molecular flexibility index (Phi) is 3.10. The van der Waals surface area contributed by atoms with E-state index in [0.29, 0.717) is 0 Å². The molecule has 0 saturated heterocycles. The molecule has 14 heavy (non-hydrogen) atoms. The standard InChI is InChI=1S/C9H9F4N/c1-4-2-3-5(10)6(7(4)11)8(14)9(12)13/h2-3,8-9H,14H2,1H3. The summed E-state index contributed by atoms with van der Waals surface area (Å²) in [5.74, 6) is -2.04. The van der Waals surface area contributed by atoms with Gasteiger partial charge >= 0.3 is 0 Å². The van der Waals surface area contributed by atoms with Crippen LogP contribution in [0.3, 0.4) is 0 Å². The van der Waals surface area contributed by atoms with E-state index in [0.717, 1.165) is 6.07 Å². The van der Waals surface area contributed by atoms with E-state index >= 15 is 0 Å². The summed E-state index contributed by atoms with van der Waals surface area (Å²) in [6.07, 6.45) is -2.99. The van der Waals surface area contributed by atoms with Gasteiger partial charge in [-0.25, -0.2) is 17.6 Å². The summed E-state index contributed by atoms with van der Waals surface area (Å²) in [6, 6.07) is 0.178. The number of alkyl halides is 2. The van der Waals surface area contributed by atoms with E-state index in [1.807, 2.05) is 0 Å². The van der Waals surface area contributed by atoms with Gasteiger partial charge in [-0.15, -0.1) is 0 Å². The Morgan fingerprint density at radius 1 is 1.21 bits per heavy atom. The molecule has 0 fully saturated rings. The molecule has 0 aromatic heterocycles. The summed E-state index contributed by atoms with van der Waals surface area (Å²) in [5.41, 5.74) is 4.32. The third kappa shape index (κ3) is 1.87.